The van der Waals surface area contributed by atoms with Crippen LogP contribution in [0.25, 0.3) is 5.57 Å². The number of halogens is 2. The highest BCUT2D eigenvalue weighted by Gasteiger charge is 2.21. The summed E-state index contributed by atoms with van der Waals surface area (Å²) in [6.07, 6.45) is 4.74. The molecule has 0 atom stereocenters. The Labute approximate surface area is 150 Å². The minimum absolute atomic E-state index is 0.0506. The number of carbonyl (C=O) groups is 1. The van der Waals surface area contributed by atoms with Crippen LogP contribution in [0, 0.1) is 5.82 Å². The van der Waals surface area contributed by atoms with Crippen molar-refractivity contribution >= 4 is 34.8 Å². The SMILES string of the molecule is CSc1ccc(Cl)c(C(=O)N2CC=C(c3ccc(F)cc3)CC2)c1. The number of benzene rings is 2. The maximum Gasteiger partial charge on any atom is 0.255 e. The third-order valence-electron chi connectivity index (χ3n) is 4.12. The van der Waals surface area contributed by atoms with E-state index in [2.05, 4.69) is 0 Å². The lowest BCUT2D eigenvalue weighted by Gasteiger charge is -2.27. The van der Waals surface area contributed by atoms with E-state index in [0.717, 1.165) is 22.5 Å². The molecule has 0 N–H and O–H groups in total. The van der Waals surface area contributed by atoms with E-state index >= 15 is 0 Å². The number of carbonyl (C=O) groups excluding carboxylic acids is 1. The molecular weight excluding hydrogens is 345 g/mol. The van der Waals surface area contributed by atoms with Crippen LogP contribution in [0.15, 0.2) is 53.4 Å². The fraction of sp³-hybridized carbons (Fsp3) is 0.211. The summed E-state index contributed by atoms with van der Waals surface area (Å²) in [6, 6.07) is 12.0. The van der Waals surface area contributed by atoms with Gasteiger partial charge in [0.2, 0.25) is 0 Å². The summed E-state index contributed by atoms with van der Waals surface area (Å²) < 4.78 is 13.0. The molecule has 0 aliphatic carbocycles. The van der Waals surface area contributed by atoms with Crippen LogP contribution >= 0.6 is 23.4 Å². The van der Waals surface area contributed by atoms with Gasteiger partial charge in [-0.15, -0.1) is 11.8 Å². The lowest BCUT2D eigenvalue weighted by atomic mass is 9.99. The highest BCUT2D eigenvalue weighted by molar-refractivity contribution is 7.98. The second-order valence-electron chi connectivity index (χ2n) is 5.58. The molecule has 0 saturated heterocycles. The Morgan fingerprint density at radius 1 is 1.21 bits per heavy atom. The normalized spacial score (nSPS) is 14.5. The highest BCUT2D eigenvalue weighted by atomic mass is 35.5. The molecule has 2 aromatic rings. The van der Waals surface area contributed by atoms with E-state index < -0.39 is 0 Å². The molecule has 0 saturated carbocycles. The minimum Gasteiger partial charge on any atom is -0.335 e. The van der Waals surface area contributed by atoms with Crippen molar-refractivity contribution < 1.29 is 9.18 Å². The Morgan fingerprint density at radius 3 is 2.58 bits per heavy atom. The maximum absolute atomic E-state index is 13.0. The molecule has 0 radical (unpaired) electrons. The Hall–Kier alpha value is -1.78. The minimum atomic E-state index is -0.240. The largest absolute Gasteiger partial charge is 0.335 e. The van der Waals surface area contributed by atoms with Gasteiger partial charge in [0.1, 0.15) is 5.82 Å². The van der Waals surface area contributed by atoms with Crippen molar-refractivity contribution in [3.63, 3.8) is 0 Å². The highest BCUT2D eigenvalue weighted by Crippen LogP contribution is 2.27. The van der Waals surface area contributed by atoms with Crippen LogP contribution in [-0.2, 0) is 0 Å². The molecule has 1 aliphatic heterocycles. The lowest BCUT2D eigenvalue weighted by Crippen LogP contribution is -2.34. The Bertz CT molecular complexity index is 788. The van der Waals surface area contributed by atoms with Gasteiger partial charge in [-0.25, -0.2) is 4.39 Å². The Morgan fingerprint density at radius 2 is 1.96 bits per heavy atom. The quantitative estimate of drug-likeness (QED) is 0.706. The number of hydrogen-bond donors (Lipinski definition) is 0. The summed E-state index contributed by atoms with van der Waals surface area (Å²) in [4.78, 5) is 15.5. The van der Waals surface area contributed by atoms with Gasteiger partial charge in [0.05, 0.1) is 10.6 Å². The van der Waals surface area contributed by atoms with E-state index in [0.29, 0.717) is 23.7 Å². The second kappa shape index (κ2) is 7.41. The molecule has 24 heavy (non-hydrogen) atoms. The van der Waals surface area contributed by atoms with Gasteiger partial charge in [0, 0.05) is 18.0 Å². The molecule has 1 heterocycles. The maximum atomic E-state index is 13.0. The van der Waals surface area contributed by atoms with Crippen LogP contribution in [0.1, 0.15) is 22.3 Å². The number of amides is 1. The van der Waals surface area contributed by atoms with Crippen LogP contribution in [0.4, 0.5) is 4.39 Å². The predicted molar refractivity (Wildman–Crippen MR) is 98.1 cm³/mol. The molecule has 5 heteroatoms. The van der Waals surface area contributed by atoms with E-state index in [1.165, 1.54) is 12.1 Å². The van der Waals surface area contributed by atoms with Crippen molar-refractivity contribution in [1.82, 2.24) is 4.90 Å². The molecule has 0 aromatic heterocycles. The van der Waals surface area contributed by atoms with Crippen molar-refractivity contribution in [2.75, 3.05) is 19.3 Å². The van der Waals surface area contributed by atoms with Gasteiger partial charge in [-0.05, 0) is 54.1 Å². The molecule has 0 spiro atoms. The van der Waals surface area contributed by atoms with E-state index in [1.54, 1.807) is 34.9 Å². The fourth-order valence-electron chi connectivity index (χ4n) is 2.75. The number of nitrogens with zero attached hydrogens (tertiary/aromatic N) is 1. The third kappa shape index (κ3) is 3.65. The first kappa shape index (κ1) is 17.1. The van der Waals surface area contributed by atoms with Gasteiger partial charge >= 0.3 is 0 Å². The van der Waals surface area contributed by atoms with Gasteiger partial charge in [0.25, 0.3) is 5.91 Å². The summed E-state index contributed by atoms with van der Waals surface area (Å²) in [7, 11) is 0. The molecule has 1 aliphatic rings. The summed E-state index contributed by atoms with van der Waals surface area (Å²) >= 11 is 7.78. The summed E-state index contributed by atoms with van der Waals surface area (Å²) in [5, 5.41) is 0.478. The van der Waals surface area contributed by atoms with Crippen molar-refractivity contribution in [1.29, 1.82) is 0 Å². The smallest absolute Gasteiger partial charge is 0.255 e. The van der Waals surface area contributed by atoms with Crippen LogP contribution < -0.4 is 0 Å². The van der Waals surface area contributed by atoms with Crippen molar-refractivity contribution in [3.05, 3.63) is 70.5 Å². The molecular formula is C19H17ClFNOS. The van der Waals surface area contributed by atoms with Gasteiger partial charge < -0.3 is 4.90 Å². The number of rotatable bonds is 3. The first-order valence-electron chi connectivity index (χ1n) is 7.66. The fourth-order valence-corrected chi connectivity index (χ4v) is 3.38. The van der Waals surface area contributed by atoms with Gasteiger partial charge in [-0.2, -0.15) is 0 Å². The number of hydrogen-bond acceptors (Lipinski definition) is 2. The molecule has 124 valence electrons. The van der Waals surface area contributed by atoms with Crippen LogP contribution in [-0.4, -0.2) is 30.2 Å². The molecule has 2 nitrogen and oxygen atoms in total. The van der Waals surface area contributed by atoms with Crippen LogP contribution in [0.5, 0.6) is 0 Å². The first-order chi connectivity index (χ1) is 11.6. The molecule has 3 rings (SSSR count). The van der Waals surface area contributed by atoms with E-state index in [4.69, 9.17) is 11.6 Å². The van der Waals surface area contributed by atoms with Gasteiger partial charge in [-0.3, -0.25) is 4.79 Å². The van der Waals surface area contributed by atoms with Crippen LogP contribution in [0.3, 0.4) is 0 Å². The van der Waals surface area contributed by atoms with Gasteiger partial charge in [0.15, 0.2) is 0 Å². The summed E-state index contributed by atoms with van der Waals surface area (Å²) in [6.45, 7) is 1.16. The van der Waals surface area contributed by atoms with Crippen LogP contribution in [0.2, 0.25) is 5.02 Å². The van der Waals surface area contributed by atoms with E-state index in [1.807, 2.05) is 24.5 Å². The van der Waals surface area contributed by atoms with Crippen molar-refractivity contribution in [2.45, 2.75) is 11.3 Å². The monoisotopic (exact) mass is 361 g/mol. The average molecular weight is 362 g/mol. The van der Waals surface area contributed by atoms with Gasteiger partial charge in [-0.1, -0.05) is 29.8 Å². The molecule has 0 bridgehead atoms. The van der Waals surface area contributed by atoms with E-state index in [-0.39, 0.29) is 11.7 Å². The molecule has 0 unspecified atom stereocenters. The van der Waals surface area contributed by atoms with Crippen molar-refractivity contribution in [3.8, 4) is 0 Å². The summed E-state index contributed by atoms with van der Waals surface area (Å²) in [5.41, 5.74) is 2.69. The molecule has 2 aromatic carbocycles. The molecule has 0 fully saturated rings. The second-order valence-corrected chi connectivity index (χ2v) is 6.87. The van der Waals surface area contributed by atoms with Crippen molar-refractivity contribution in [2.24, 2.45) is 0 Å². The average Bonchev–Trinajstić information content (AvgIpc) is 2.62. The zero-order valence-electron chi connectivity index (χ0n) is 13.3. The topological polar surface area (TPSA) is 20.3 Å². The lowest BCUT2D eigenvalue weighted by molar-refractivity contribution is 0.0773. The number of thioether (sulfide) groups is 1. The first-order valence-corrected chi connectivity index (χ1v) is 9.26. The zero-order valence-corrected chi connectivity index (χ0v) is 14.8. The standard InChI is InChI=1S/C19H17ClFNOS/c1-24-16-6-7-18(20)17(12-16)19(23)22-10-8-14(9-11-22)13-2-4-15(21)5-3-13/h2-8,12H,9-11H2,1H3. The van der Waals surface area contributed by atoms with E-state index in [9.17, 15) is 9.18 Å². The molecule has 1 amide bonds. The third-order valence-corrected chi connectivity index (χ3v) is 5.17. The Balaban J connectivity index is 1.76. The Kier molecular flexibility index (Phi) is 5.27. The zero-order chi connectivity index (χ0) is 17.1. The summed E-state index contributed by atoms with van der Waals surface area (Å²) in [5.74, 6) is -0.291. The predicted octanol–water partition coefficient (Wildman–Crippen LogP) is 5.13.